The summed E-state index contributed by atoms with van der Waals surface area (Å²) < 4.78 is 13.8. The molecule has 2 amide bonds. The summed E-state index contributed by atoms with van der Waals surface area (Å²) in [6, 6.07) is 20.0. The molecule has 3 aromatic carbocycles. The molecule has 1 aliphatic heterocycles. The zero-order valence-corrected chi connectivity index (χ0v) is 20.1. The van der Waals surface area contributed by atoms with E-state index >= 15 is 0 Å². The smallest absolute Gasteiger partial charge is 0.258 e. The Morgan fingerprint density at radius 3 is 2.31 bits per heavy atom. The first-order chi connectivity index (χ1) is 16.8. The van der Waals surface area contributed by atoms with Crippen molar-refractivity contribution in [2.75, 3.05) is 24.7 Å². The molecule has 0 aromatic heterocycles. The Balaban J connectivity index is 1.72. The van der Waals surface area contributed by atoms with Gasteiger partial charge >= 0.3 is 0 Å². The first kappa shape index (κ1) is 24.2. The molecule has 0 fully saturated rings. The predicted octanol–water partition coefficient (Wildman–Crippen LogP) is 4.85. The standard InChI is InChI=1S/C28H29FN4O2/c1-4-25(34)30-16-18-5-9-20(10-6-18)27(31-22-12-7-19(8-13-22)17-33(2)3)26-23-14-11-21(29)15-24(23)32-28(26)35/h5-15,31H,4,16-17H2,1-3H3,(H,30,34)(H,32,35)/b27-26-. The van der Waals surface area contributed by atoms with Crippen molar-refractivity contribution in [3.63, 3.8) is 0 Å². The number of nitrogens with one attached hydrogen (secondary N) is 3. The normalized spacial score (nSPS) is 13.9. The summed E-state index contributed by atoms with van der Waals surface area (Å²) >= 11 is 0. The maximum atomic E-state index is 13.8. The van der Waals surface area contributed by atoms with Gasteiger partial charge in [0.05, 0.1) is 17.0 Å². The van der Waals surface area contributed by atoms with Crippen LogP contribution in [-0.4, -0.2) is 30.8 Å². The summed E-state index contributed by atoms with van der Waals surface area (Å²) in [6.45, 7) is 3.07. The lowest BCUT2D eigenvalue weighted by Crippen LogP contribution is -2.21. The molecule has 6 nitrogen and oxygen atoms in total. The number of hydrogen-bond donors (Lipinski definition) is 3. The van der Waals surface area contributed by atoms with E-state index in [1.54, 1.807) is 6.07 Å². The molecule has 0 atom stereocenters. The average Bonchev–Trinajstić information content (AvgIpc) is 3.16. The van der Waals surface area contributed by atoms with Crippen molar-refractivity contribution in [2.45, 2.75) is 26.4 Å². The second-order valence-electron chi connectivity index (χ2n) is 8.78. The number of carbonyl (C=O) groups is 2. The molecule has 0 radical (unpaired) electrons. The number of rotatable bonds is 8. The predicted molar refractivity (Wildman–Crippen MR) is 138 cm³/mol. The maximum Gasteiger partial charge on any atom is 0.258 e. The molecule has 4 rings (SSSR count). The van der Waals surface area contributed by atoms with Gasteiger partial charge in [0.15, 0.2) is 0 Å². The third-order valence-electron chi connectivity index (χ3n) is 5.75. The van der Waals surface area contributed by atoms with E-state index in [4.69, 9.17) is 0 Å². The van der Waals surface area contributed by atoms with Gasteiger partial charge in [0, 0.05) is 30.8 Å². The summed E-state index contributed by atoms with van der Waals surface area (Å²) in [7, 11) is 4.04. The van der Waals surface area contributed by atoms with Crippen LogP contribution in [0.3, 0.4) is 0 Å². The monoisotopic (exact) mass is 472 g/mol. The number of hydrogen-bond acceptors (Lipinski definition) is 4. The Morgan fingerprint density at radius 1 is 0.971 bits per heavy atom. The van der Waals surface area contributed by atoms with E-state index in [0.29, 0.717) is 35.5 Å². The molecule has 0 saturated carbocycles. The van der Waals surface area contributed by atoms with E-state index in [-0.39, 0.29) is 11.8 Å². The fourth-order valence-corrected chi connectivity index (χ4v) is 3.99. The van der Waals surface area contributed by atoms with Gasteiger partial charge in [-0.3, -0.25) is 9.59 Å². The van der Waals surface area contributed by atoms with E-state index < -0.39 is 5.82 Å². The number of nitrogens with zero attached hydrogens (tertiary/aromatic N) is 1. The fourth-order valence-electron chi connectivity index (χ4n) is 3.99. The summed E-state index contributed by atoms with van der Waals surface area (Å²) in [5.41, 5.74) is 5.92. The van der Waals surface area contributed by atoms with E-state index in [0.717, 1.165) is 23.4 Å². The highest BCUT2D eigenvalue weighted by Gasteiger charge is 2.28. The fraction of sp³-hybridized carbons (Fsp3) is 0.214. The van der Waals surface area contributed by atoms with Crippen LogP contribution in [0, 0.1) is 5.82 Å². The molecule has 3 N–H and O–H groups in total. The second-order valence-corrected chi connectivity index (χ2v) is 8.78. The molecule has 1 heterocycles. The van der Waals surface area contributed by atoms with E-state index in [9.17, 15) is 14.0 Å². The molecule has 0 spiro atoms. The quantitative estimate of drug-likeness (QED) is 0.410. The topological polar surface area (TPSA) is 73.5 Å². The van der Waals surface area contributed by atoms with Crippen molar-refractivity contribution in [1.29, 1.82) is 0 Å². The molecule has 1 aliphatic rings. The molecule has 3 aromatic rings. The molecular weight excluding hydrogens is 443 g/mol. The van der Waals surface area contributed by atoms with Gasteiger partial charge in [0.2, 0.25) is 5.91 Å². The molecule has 0 unspecified atom stereocenters. The van der Waals surface area contributed by atoms with Crippen molar-refractivity contribution < 1.29 is 14.0 Å². The molecule has 35 heavy (non-hydrogen) atoms. The average molecular weight is 473 g/mol. The van der Waals surface area contributed by atoms with Gasteiger partial charge in [-0.2, -0.15) is 0 Å². The van der Waals surface area contributed by atoms with Crippen molar-refractivity contribution >= 4 is 34.5 Å². The third kappa shape index (κ3) is 5.75. The minimum atomic E-state index is -0.408. The van der Waals surface area contributed by atoms with Crippen molar-refractivity contribution in [3.8, 4) is 0 Å². The Bertz CT molecular complexity index is 1270. The van der Waals surface area contributed by atoms with Crippen LogP contribution in [0.4, 0.5) is 15.8 Å². The van der Waals surface area contributed by atoms with Crippen LogP contribution in [0.15, 0.2) is 66.7 Å². The van der Waals surface area contributed by atoms with Gasteiger partial charge in [-0.05, 0) is 61.1 Å². The number of anilines is 2. The third-order valence-corrected chi connectivity index (χ3v) is 5.75. The van der Waals surface area contributed by atoms with Gasteiger partial charge in [-0.25, -0.2) is 4.39 Å². The van der Waals surface area contributed by atoms with Gasteiger partial charge in [0.1, 0.15) is 5.82 Å². The Morgan fingerprint density at radius 2 is 1.66 bits per heavy atom. The summed E-state index contributed by atoms with van der Waals surface area (Å²) in [5, 5.41) is 9.07. The minimum Gasteiger partial charge on any atom is -0.354 e. The number of halogens is 1. The van der Waals surface area contributed by atoms with Gasteiger partial charge in [-0.1, -0.05) is 43.3 Å². The van der Waals surface area contributed by atoms with Gasteiger partial charge in [-0.15, -0.1) is 0 Å². The lowest BCUT2D eigenvalue weighted by atomic mass is 9.99. The molecule has 7 heteroatoms. The number of fused-ring (bicyclic) bond motifs is 1. The molecule has 0 saturated heterocycles. The molecule has 180 valence electrons. The SMILES string of the molecule is CCC(=O)NCc1ccc(/C(Nc2ccc(CN(C)C)cc2)=C2/C(=O)Nc3cc(F)ccc32)cc1. The summed E-state index contributed by atoms with van der Waals surface area (Å²) in [6.07, 6.45) is 0.431. The van der Waals surface area contributed by atoms with Crippen molar-refractivity contribution in [2.24, 2.45) is 0 Å². The van der Waals surface area contributed by atoms with Gasteiger partial charge < -0.3 is 20.9 Å². The Kier molecular flexibility index (Phi) is 7.27. The highest BCUT2D eigenvalue weighted by Crippen LogP contribution is 2.38. The Labute approximate surface area is 204 Å². The van der Waals surface area contributed by atoms with Crippen LogP contribution < -0.4 is 16.0 Å². The first-order valence-corrected chi connectivity index (χ1v) is 11.6. The van der Waals surface area contributed by atoms with E-state index in [2.05, 4.69) is 20.9 Å². The first-order valence-electron chi connectivity index (χ1n) is 11.6. The highest BCUT2D eigenvalue weighted by molar-refractivity contribution is 6.37. The van der Waals surface area contributed by atoms with Crippen LogP contribution in [-0.2, 0) is 22.7 Å². The van der Waals surface area contributed by atoms with Crippen LogP contribution in [0.2, 0.25) is 0 Å². The lowest BCUT2D eigenvalue weighted by molar-refractivity contribution is -0.121. The van der Waals surface area contributed by atoms with Crippen LogP contribution in [0.5, 0.6) is 0 Å². The minimum absolute atomic E-state index is 0.0114. The number of benzene rings is 3. The van der Waals surface area contributed by atoms with Crippen molar-refractivity contribution in [3.05, 3.63) is 94.8 Å². The summed E-state index contributed by atoms with van der Waals surface area (Å²) in [5.74, 6) is -0.714. The molecule has 0 bridgehead atoms. The zero-order valence-electron chi connectivity index (χ0n) is 20.1. The van der Waals surface area contributed by atoms with Crippen LogP contribution >= 0.6 is 0 Å². The van der Waals surface area contributed by atoms with Crippen LogP contribution in [0.25, 0.3) is 11.3 Å². The summed E-state index contributed by atoms with van der Waals surface area (Å²) in [4.78, 5) is 26.7. The second kappa shape index (κ2) is 10.5. The van der Waals surface area contributed by atoms with E-state index in [1.807, 2.05) is 69.6 Å². The molecule has 0 aliphatic carbocycles. The van der Waals surface area contributed by atoms with E-state index in [1.165, 1.54) is 17.7 Å². The number of carbonyl (C=O) groups excluding carboxylic acids is 2. The zero-order chi connectivity index (χ0) is 24.9. The van der Waals surface area contributed by atoms with Crippen LogP contribution in [0.1, 0.15) is 35.6 Å². The number of amides is 2. The lowest BCUT2D eigenvalue weighted by Gasteiger charge is -2.16. The molecular formula is C28H29FN4O2. The highest BCUT2D eigenvalue weighted by atomic mass is 19.1. The van der Waals surface area contributed by atoms with Gasteiger partial charge in [0.25, 0.3) is 5.91 Å². The maximum absolute atomic E-state index is 13.8. The Hall–Kier alpha value is -3.97. The van der Waals surface area contributed by atoms with Crippen molar-refractivity contribution in [1.82, 2.24) is 10.2 Å². The largest absolute Gasteiger partial charge is 0.354 e.